The highest BCUT2D eigenvalue weighted by Crippen LogP contribution is 2.12. The minimum absolute atomic E-state index is 0.271. The first kappa shape index (κ1) is 10.1. The Hall–Kier alpha value is -1.95. The lowest BCUT2D eigenvalue weighted by Crippen LogP contribution is -1.84. The summed E-state index contributed by atoms with van der Waals surface area (Å²) in [5.74, 6) is -0.436. The predicted octanol–water partition coefficient (Wildman–Crippen LogP) is 2.30. The third-order valence-electron chi connectivity index (χ3n) is 1.67. The van der Waals surface area contributed by atoms with E-state index in [1.165, 1.54) is 18.2 Å². The van der Waals surface area contributed by atoms with Gasteiger partial charge in [-0.1, -0.05) is 18.2 Å². The number of nitriles is 1. The van der Waals surface area contributed by atoms with Crippen LogP contribution < -0.4 is 0 Å². The molecule has 0 atom stereocenters. The van der Waals surface area contributed by atoms with E-state index in [0.29, 0.717) is 12.0 Å². The first-order valence-corrected chi connectivity index (χ1v) is 4.07. The minimum atomic E-state index is -0.436. The lowest BCUT2D eigenvalue weighted by Gasteiger charge is -1.96. The number of carbonyl (C=O) groups excluding carboxylic acids is 1. The largest absolute Gasteiger partial charge is 0.303 e. The smallest absolute Gasteiger partial charge is 0.124 e. The first-order chi connectivity index (χ1) is 6.77. The average molecular weight is 189 g/mol. The van der Waals surface area contributed by atoms with Crippen molar-refractivity contribution < 1.29 is 9.18 Å². The predicted molar refractivity (Wildman–Crippen MR) is 50.8 cm³/mol. The highest BCUT2D eigenvalue weighted by atomic mass is 19.1. The van der Waals surface area contributed by atoms with Gasteiger partial charge >= 0.3 is 0 Å². The molecule has 0 spiro atoms. The van der Waals surface area contributed by atoms with Gasteiger partial charge in [-0.05, 0) is 17.7 Å². The normalized spacial score (nSPS) is 10.0. The van der Waals surface area contributed by atoms with Crippen molar-refractivity contribution >= 4 is 12.4 Å². The van der Waals surface area contributed by atoms with Crippen LogP contribution in [0, 0.1) is 17.1 Å². The SMILES string of the molecule is N#Cc1cc(F)ccc1C=CCC=O. The lowest BCUT2D eigenvalue weighted by atomic mass is 10.1. The fraction of sp³-hybridized carbons (Fsp3) is 0.0909. The summed E-state index contributed by atoms with van der Waals surface area (Å²) < 4.78 is 12.7. The van der Waals surface area contributed by atoms with Crippen LogP contribution in [0.15, 0.2) is 24.3 Å². The quantitative estimate of drug-likeness (QED) is 0.684. The standard InChI is InChI=1S/C11H8FNO/c12-11-5-4-9(3-1-2-6-14)10(7-11)8-13/h1,3-7H,2H2. The summed E-state index contributed by atoms with van der Waals surface area (Å²) in [7, 11) is 0. The minimum Gasteiger partial charge on any atom is -0.303 e. The van der Waals surface area contributed by atoms with Gasteiger partial charge in [-0.3, -0.25) is 0 Å². The second-order valence-electron chi connectivity index (χ2n) is 2.65. The number of allylic oxidation sites excluding steroid dienone is 1. The van der Waals surface area contributed by atoms with E-state index in [1.807, 2.05) is 6.07 Å². The maximum Gasteiger partial charge on any atom is 0.124 e. The maximum absolute atomic E-state index is 12.7. The summed E-state index contributed by atoms with van der Waals surface area (Å²) in [6.45, 7) is 0. The molecular weight excluding hydrogens is 181 g/mol. The average Bonchev–Trinajstić information content (AvgIpc) is 2.20. The summed E-state index contributed by atoms with van der Waals surface area (Å²) in [5, 5.41) is 8.68. The molecule has 0 saturated heterocycles. The van der Waals surface area contributed by atoms with Gasteiger partial charge in [-0.2, -0.15) is 5.26 Å². The molecule has 0 aliphatic heterocycles. The van der Waals surface area contributed by atoms with Crippen molar-refractivity contribution in [2.24, 2.45) is 0 Å². The summed E-state index contributed by atoms with van der Waals surface area (Å²) in [5.41, 5.74) is 0.892. The Morgan fingerprint density at radius 2 is 2.29 bits per heavy atom. The van der Waals surface area contributed by atoms with E-state index in [2.05, 4.69) is 0 Å². The van der Waals surface area contributed by atoms with Gasteiger partial charge in [0.05, 0.1) is 11.6 Å². The van der Waals surface area contributed by atoms with Crippen LogP contribution in [-0.4, -0.2) is 6.29 Å². The molecule has 0 unspecified atom stereocenters. The van der Waals surface area contributed by atoms with E-state index in [-0.39, 0.29) is 5.56 Å². The third-order valence-corrected chi connectivity index (χ3v) is 1.67. The molecule has 0 amide bonds. The van der Waals surface area contributed by atoms with Crippen LogP contribution in [0.2, 0.25) is 0 Å². The Morgan fingerprint density at radius 3 is 2.93 bits per heavy atom. The topological polar surface area (TPSA) is 40.9 Å². The Morgan fingerprint density at radius 1 is 1.50 bits per heavy atom. The van der Waals surface area contributed by atoms with Crippen molar-refractivity contribution in [3.05, 3.63) is 41.2 Å². The van der Waals surface area contributed by atoms with Crippen LogP contribution in [-0.2, 0) is 4.79 Å². The molecule has 0 aliphatic carbocycles. The number of halogens is 1. The molecule has 0 saturated carbocycles. The molecule has 3 heteroatoms. The van der Waals surface area contributed by atoms with Crippen LogP contribution in [0.3, 0.4) is 0 Å². The zero-order chi connectivity index (χ0) is 10.4. The highest BCUT2D eigenvalue weighted by molar-refractivity contribution is 5.61. The van der Waals surface area contributed by atoms with Crippen LogP contribution in [0.25, 0.3) is 6.08 Å². The zero-order valence-corrected chi connectivity index (χ0v) is 7.40. The van der Waals surface area contributed by atoms with E-state index in [1.54, 1.807) is 12.2 Å². The number of aldehydes is 1. The van der Waals surface area contributed by atoms with Gasteiger partial charge in [0.1, 0.15) is 12.1 Å². The van der Waals surface area contributed by atoms with Gasteiger partial charge in [0.2, 0.25) is 0 Å². The third kappa shape index (κ3) is 2.53. The van der Waals surface area contributed by atoms with Gasteiger partial charge in [-0.25, -0.2) is 4.39 Å². The van der Waals surface area contributed by atoms with E-state index < -0.39 is 5.82 Å². The monoisotopic (exact) mass is 189 g/mol. The Labute approximate surface area is 81.3 Å². The van der Waals surface area contributed by atoms with Crippen LogP contribution in [0.4, 0.5) is 4.39 Å². The maximum atomic E-state index is 12.7. The second kappa shape index (κ2) is 4.93. The number of benzene rings is 1. The molecule has 1 rings (SSSR count). The summed E-state index contributed by atoms with van der Waals surface area (Å²) in [6.07, 6.45) is 4.31. The van der Waals surface area contributed by atoms with E-state index in [4.69, 9.17) is 5.26 Å². The number of hydrogen-bond donors (Lipinski definition) is 0. The molecule has 0 aliphatic rings. The van der Waals surface area contributed by atoms with Gasteiger partial charge in [0, 0.05) is 6.42 Å². The zero-order valence-electron chi connectivity index (χ0n) is 7.40. The van der Waals surface area contributed by atoms with Gasteiger partial charge in [0.15, 0.2) is 0 Å². The number of nitrogens with zero attached hydrogens (tertiary/aromatic N) is 1. The molecule has 1 aromatic carbocycles. The van der Waals surface area contributed by atoms with Crippen LogP contribution >= 0.6 is 0 Å². The Bertz CT molecular complexity index is 404. The Balaban J connectivity index is 2.97. The fourth-order valence-electron chi connectivity index (χ4n) is 1.02. The number of hydrogen-bond acceptors (Lipinski definition) is 2. The van der Waals surface area contributed by atoms with Crippen LogP contribution in [0.1, 0.15) is 17.5 Å². The lowest BCUT2D eigenvalue weighted by molar-refractivity contribution is -0.107. The van der Waals surface area contributed by atoms with Crippen LogP contribution in [0.5, 0.6) is 0 Å². The molecule has 0 radical (unpaired) electrons. The van der Waals surface area contributed by atoms with E-state index >= 15 is 0 Å². The molecule has 0 fully saturated rings. The van der Waals surface area contributed by atoms with Crippen molar-refractivity contribution in [1.82, 2.24) is 0 Å². The number of carbonyl (C=O) groups is 1. The molecule has 1 aromatic rings. The fourth-order valence-corrected chi connectivity index (χ4v) is 1.02. The molecule has 2 nitrogen and oxygen atoms in total. The van der Waals surface area contributed by atoms with Crippen molar-refractivity contribution in [3.8, 4) is 6.07 Å². The van der Waals surface area contributed by atoms with Crippen molar-refractivity contribution in [2.45, 2.75) is 6.42 Å². The molecule has 0 aromatic heterocycles. The van der Waals surface area contributed by atoms with Gasteiger partial charge < -0.3 is 4.79 Å². The summed E-state index contributed by atoms with van der Waals surface area (Å²) >= 11 is 0. The summed E-state index contributed by atoms with van der Waals surface area (Å²) in [4.78, 5) is 10.0. The van der Waals surface area contributed by atoms with E-state index in [0.717, 1.165) is 6.29 Å². The molecule has 70 valence electrons. The number of rotatable bonds is 3. The molecule has 0 bridgehead atoms. The molecule has 0 heterocycles. The van der Waals surface area contributed by atoms with E-state index in [9.17, 15) is 9.18 Å². The van der Waals surface area contributed by atoms with Crippen molar-refractivity contribution in [3.63, 3.8) is 0 Å². The van der Waals surface area contributed by atoms with Crippen molar-refractivity contribution in [1.29, 1.82) is 5.26 Å². The highest BCUT2D eigenvalue weighted by Gasteiger charge is 1.99. The van der Waals surface area contributed by atoms with Gasteiger partial charge in [0.25, 0.3) is 0 Å². The molecule has 14 heavy (non-hydrogen) atoms. The van der Waals surface area contributed by atoms with Crippen molar-refractivity contribution in [2.75, 3.05) is 0 Å². The summed E-state index contributed by atoms with van der Waals surface area (Å²) in [6, 6.07) is 5.84. The van der Waals surface area contributed by atoms with Gasteiger partial charge in [-0.15, -0.1) is 0 Å². The molecular formula is C11H8FNO. The molecule has 0 N–H and O–H groups in total. The first-order valence-electron chi connectivity index (χ1n) is 4.07. The Kier molecular flexibility index (Phi) is 3.57. The second-order valence-corrected chi connectivity index (χ2v) is 2.65.